The number of ether oxygens (including phenoxy) is 1. The highest BCUT2D eigenvalue weighted by Gasteiger charge is 2.21. The third-order valence-corrected chi connectivity index (χ3v) is 4.76. The van der Waals surface area contributed by atoms with Crippen LogP contribution in [0.4, 0.5) is 5.95 Å². The number of amides is 1. The van der Waals surface area contributed by atoms with Crippen LogP contribution in [0, 0.1) is 0 Å². The smallest absolute Gasteiger partial charge is 0.227 e. The molecule has 26 heavy (non-hydrogen) atoms. The topological polar surface area (TPSA) is 81.1 Å². The van der Waals surface area contributed by atoms with Gasteiger partial charge in [0.05, 0.1) is 7.11 Å². The molecule has 1 aromatic carbocycles. The van der Waals surface area contributed by atoms with Gasteiger partial charge in [-0.3, -0.25) is 10.1 Å². The monoisotopic (exact) mass is 357 g/mol. The third-order valence-electron chi connectivity index (χ3n) is 4.76. The minimum atomic E-state index is -0.0223. The molecule has 140 valence electrons. The van der Waals surface area contributed by atoms with Gasteiger partial charge in [0.15, 0.2) is 5.82 Å². The lowest BCUT2D eigenvalue weighted by molar-refractivity contribution is -0.116. The molecule has 1 aliphatic heterocycles. The molecule has 3 rings (SSSR count). The Hall–Kier alpha value is -2.41. The quantitative estimate of drug-likeness (QED) is 0.794. The van der Waals surface area contributed by atoms with Crippen LogP contribution in [0.15, 0.2) is 24.3 Å². The van der Waals surface area contributed by atoms with E-state index in [2.05, 4.69) is 20.7 Å². The Morgan fingerprint density at radius 1 is 1.31 bits per heavy atom. The molecule has 1 amide bonds. The van der Waals surface area contributed by atoms with Crippen molar-refractivity contribution in [2.75, 3.05) is 25.5 Å². The van der Waals surface area contributed by atoms with Crippen LogP contribution in [-0.2, 0) is 18.3 Å². The van der Waals surface area contributed by atoms with Crippen LogP contribution >= 0.6 is 0 Å². The van der Waals surface area contributed by atoms with E-state index in [-0.39, 0.29) is 5.91 Å². The fourth-order valence-electron chi connectivity index (χ4n) is 3.20. The number of hydrogen-bond acceptors (Lipinski definition) is 5. The van der Waals surface area contributed by atoms with Crippen molar-refractivity contribution in [1.82, 2.24) is 20.1 Å². The second kappa shape index (κ2) is 8.80. The van der Waals surface area contributed by atoms with E-state index < -0.39 is 0 Å². The first kappa shape index (κ1) is 18.4. The summed E-state index contributed by atoms with van der Waals surface area (Å²) < 4.78 is 6.82. The van der Waals surface area contributed by atoms with E-state index in [0.29, 0.717) is 18.3 Å². The van der Waals surface area contributed by atoms with Gasteiger partial charge in [0.25, 0.3) is 0 Å². The number of methoxy groups -OCH3 is 1. The Morgan fingerprint density at radius 3 is 2.73 bits per heavy atom. The highest BCUT2D eigenvalue weighted by Crippen LogP contribution is 2.23. The standard InChI is InChI=1S/C19H27N5O2/c1-24-19(22-18(23-24)15-10-12-20-13-11-15)21-17(25)5-3-4-14-6-8-16(26-2)9-7-14/h6-9,15,20H,3-5,10-13H2,1-2H3,(H,21,22,23,25). The number of nitrogens with one attached hydrogen (secondary N) is 2. The molecule has 0 spiro atoms. The number of aryl methyl sites for hydroxylation is 2. The molecule has 2 aromatic rings. The average molecular weight is 357 g/mol. The number of nitrogens with zero attached hydrogens (tertiary/aromatic N) is 3. The molecule has 0 aliphatic carbocycles. The van der Waals surface area contributed by atoms with E-state index in [1.807, 2.05) is 31.3 Å². The molecular formula is C19H27N5O2. The Kier molecular flexibility index (Phi) is 6.22. The number of benzene rings is 1. The maximum absolute atomic E-state index is 12.2. The summed E-state index contributed by atoms with van der Waals surface area (Å²) in [6, 6.07) is 7.95. The van der Waals surface area contributed by atoms with Crippen molar-refractivity contribution in [3.63, 3.8) is 0 Å². The van der Waals surface area contributed by atoms with Crippen molar-refractivity contribution in [2.45, 2.75) is 38.0 Å². The zero-order valence-electron chi connectivity index (χ0n) is 15.5. The van der Waals surface area contributed by atoms with E-state index >= 15 is 0 Å². The molecule has 0 saturated carbocycles. The van der Waals surface area contributed by atoms with Gasteiger partial charge in [-0.15, -0.1) is 0 Å². The maximum Gasteiger partial charge on any atom is 0.227 e. The molecular weight excluding hydrogens is 330 g/mol. The zero-order valence-corrected chi connectivity index (χ0v) is 15.5. The summed E-state index contributed by atoms with van der Waals surface area (Å²) >= 11 is 0. The number of carbonyl (C=O) groups is 1. The third kappa shape index (κ3) is 4.82. The summed E-state index contributed by atoms with van der Waals surface area (Å²) in [7, 11) is 3.48. The first-order valence-corrected chi connectivity index (χ1v) is 9.20. The van der Waals surface area contributed by atoms with Gasteiger partial charge in [-0.05, 0) is 56.5 Å². The number of hydrogen-bond donors (Lipinski definition) is 2. The van der Waals surface area contributed by atoms with Crippen LogP contribution in [0.3, 0.4) is 0 Å². The van der Waals surface area contributed by atoms with Gasteiger partial charge >= 0.3 is 0 Å². The lowest BCUT2D eigenvalue weighted by atomic mass is 9.98. The van der Waals surface area contributed by atoms with Gasteiger partial charge in [-0.2, -0.15) is 10.1 Å². The first-order chi connectivity index (χ1) is 12.7. The summed E-state index contributed by atoms with van der Waals surface area (Å²) in [4.78, 5) is 16.8. The molecule has 2 N–H and O–H groups in total. The van der Waals surface area contributed by atoms with E-state index in [9.17, 15) is 4.79 Å². The number of anilines is 1. The summed E-state index contributed by atoms with van der Waals surface area (Å²) in [5.74, 6) is 2.57. The van der Waals surface area contributed by atoms with Crippen LogP contribution in [0.2, 0.25) is 0 Å². The number of piperidine rings is 1. The van der Waals surface area contributed by atoms with Crippen molar-refractivity contribution in [1.29, 1.82) is 0 Å². The Bertz CT molecular complexity index is 720. The zero-order chi connectivity index (χ0) is 18.4. The molecule has 0 atom stereocenters. The van der Waals surface area contributed by atoms with E-state index in [0.717, 1.165) is 50.3 Å². The molecule has 7 nitrogen and oxygen atoms in total. The predicted molar refractivity (Wildman–Crippen MR) is 100 cm³/mol. The van der Waals surface area contributed by atoms with Crippen molar-refractivity contribution < 1.29 is 9.53 Å². The minimum Gasteiger partial charge on any atom is -0.497 e. The van der Waals surface area contributed by atoms with E-state index in [1.165, 1.54) is 5.56 Å². The van der Waals surface area contributed by atoms with Gasteiger partial charge in [0.2, 0.25) is 11.9 Å². The van der Waals surface area contributed by atoms with Crippen LogP contribution in [0.5, 0.6) is 5.75 Å². The van der Waals surface area contributed by atoms with Crippen LogP contribution in [0.25, 0.3) is 0 Å². The van der Waals surface area contributed by atoms with Crippen molar-refractivity contribution in [2.24, 2.45) is 7.05 Å². The van der Waals surface area contributed by atoms with Crippen LogP contribution in [-0.4, -0.2) is 40.9 Å². The van der Waals surface area contributed by atoms with Gasteiger partial charge in [-0.1, -0.05) is 12.1 Å². The number of aromatic nitrogens is 3. The second-order valence-corrected chi connectivity index (χ2v) is 6.69. The summed E-state index contributed by atoms with van der Waals surface area (Å²) in [6.45, 7) is 1.99. The first-order valence-electron chi connectivity index (χ1n) is 9.20. The molecule has 0 radical (unpaired) electrons. The molecule has 0 unspecified atom stereocenters. The lowest BCUT2D eigenvalue weighted by Crippen LogP contribution is -2.27. The molecule has 1 aromatic heterocycles. The lowest BCUT2D eigenvalue weighted by Gasteiger charge is -2.19. The Morgan fingerprint density at radius 2 is 2.04 bits per heavy atom. The predicted octanol–water partition coefficient (Wildman–Crippen LogP) is 2.25. The molecule has 1 aliphatic rings. The molecule has 2 heterocycles. The normalized spacial score (nSPS) is 15.0. The van der Waals surface area contributed by atoms with Gasteiger partial charge < -0.3 is 10.1 Å². The SMILES string of the molecule is COc1ccc(CCCC(=O)Nc2nc(C3CCNCC3)nn2C)cc1. The van der Waals surface area contributed by atoms with Crippen LogP contribution in [0.1, 0.15) is 43.0 Å². The van der Waals surface area contributed by atoms with Crippen molar-refractivity contribution >= 4 is 11.9 Å². The number of rotatable bonds is 7. The van der Waals surface area contributed by atoms with E-state index in [1.54, 1.807) is 11.8 Å². The minimum absolute atomic E-state index is 0.0223. The Labute approximate surface area is 154 Å². The molecule has 7 heteroatoms. The highest BCUT2D eigenvalue weighted by molar-refractivity contribution is 5.88. The molecule has 0 bridgehead atoms. The second-order valence-electron chi connectivity index (χ2n) is 6.69. The summed E-state index contributed by atoms with van der Waals surface area (Å²) in [5, 5.41) is 10.7. The van der Waals surface area contributed by atoms with Crippen molar-refractivity contribution in [3.8, 4) is 5.75 Å². The van der Waals surface area contributed by atoms with E-state index in [4.69, 9.17) is 4.74 Å². The van der Waals surface area contributed by atoms with Crippen LogP contribution < -0.4 is 15.4 Å². The van der Waals surface area contributed by atoms with Crippen molar-refractivity contribution in [3.05, 3.63) is 35.7 Å². The average Bonchev–Trinajstić information content (AvgIpc) is 3.03. The fourth-order valence-corrected chi connectivity index (χ4v) is 3.20. The fraction of sp³-hybridized carbons (Fsp3) is 0.526. The van der Waals surface area contributed by atoms with Gasteiger partial charge in [-0.25, -0.2) is 4.68 Å². The van der Waals surface area contributed by atoms with Gasteiger partial charge in [0.1, 0.15) is 5.75 Å². The number of carbonyl (C=O) groups excluding carboxylic acids is 1. The van der Waals surface area contributed by atoms with Gasteiger partial charge in [0, 0.05) is 19.4 Å². The largest absolute Gasteiger partial charge is 0.497 e. The molecule has 1 fully saturated rings. The summed E-state index contributed by atoms with van der Waals surface area (Å²) in [5.41, 5.74) is 1.20. The Balaban J connectivity index is 1.47. The maximum atomic E-state index is 12.2. The summed E-state index contributed by atoms with van der Waals surface area (Å²) in [6.07, 6.45) is 4.19. The highest BCUT2D eigenvalue weighted by atomic mass is 16.5. The molecule has 1 saturated heterocycles.